The highest BCUT2D eigenvalue weighted by molar-refractivity contribution is 7.92. The first-order valence-corrected chi connectivity index (χ1v) is 8.21. The van der Waals surface area contributed by atoms with Crippen molar-refractivity contribution in [2.45, 2.75) is 4.90 Å². The lowest BCUT2D eigenvalue weighted by atomic mass is 10.2. The first-order valence-electron chi connectivity index (χ1n) is 6.39. The minimum absolute atomic E-state index is 0.0335. The number of anilines is 1. The third kappa shape index (κ3) is 3.22. The smallest absolute Gasteiger partial charge is 0.264 e. The number of sulfonamides is 1. The highest BCUT2D eigenvalue weighted by atomic mass is 35.5. The molecule has 2 aromatic rings. The molecule has 2 rings (SSSR count). The molecule has 0 aliphatic rings. The lowest BCUT2D eigenvalue weighted by Gasteiger charge is -2.23. The van der Waals surface area contributed by atoms with Gasteiger partial charge in [0.1, 0.15) is 6.07 Å². The van der Waals surface area contributed by atoms with Gasteiger partial charge in [0.2, 0.25) is 0 Å². The number of hydrogen-bond acceptors (Lipinski definition) is 4. The summed E-state index contributed by atoms with van der Waals surface area (Å²) in [6.07, 6.45) is 0. The number of hydrogen-bond donors (Lipinski definition) is 1. The Morgan fingerprint density at radius 2 is 1.86 bits per heavy atom. The van der Waals surface area contributed by atoms with Gasteiger partial charge in [-0.05, 0) is 30.3 Å². The van der Waals surface area contributed by atoms with E-state index in [2.05, 4.69) is 0 Å². The molecule has 0 saturated carbocycles. The molecule has 22 heavy (non-hydrogen) atoms. The first kappa shape index (κ1) is 16.3. The molecular formula is C15H13ClN2O3S. The van der Waals surface area contributed by atoms with E-state index in [0.717, 1.165) is 4.31 Å². The highest BCUT2D eigenvalue weighted by Gasteiger charge is 2.25. The normalized spacial score (nSPS) is 11.0. The first-order chi connectivity index (χ1) is 10.5. The highest BCUT2D eigenvalue weighted by Crippen LogP contribution is 2.26. The topological polar surface area (TPSA) is 81.4 Å². The van der Waals surface area contributed by atoms with Crippen LogP contribution in [0.4, 0.5) is 5.69 Å². The Morgan fingerprint density at radius 1 is 1.18 bits per heavy atom. The monoisotopic (exact) mass is 336 g/mol. The van der Waals surface area contributed by atoms with Gasteiger partial charge < -0.3 is 5.11 Å². The number of halogens is 1. The third-order valence-electron chi connectivity index (χ3n) is 3.00. The fraction of sp³-hybridized carbons (Fsp3) is 0.133. The summed E-state index contributed by atoms with van der Waals surface area (Å²) in [5.41, 5.74) is 0.645. The summed E-state index contributed by atoms with van der Waals surface area (Å²) in [5, 5.41) is 18.1. The molecule has 7 heteroatoms. The van der Waals surface area contributed by atoms with Crippen LogP contribution >= 0.6 is 11.6 Å². The molecule has 0 aliphatic carbocycles. The zero-order valence-corrected chi connectivity index (χ0v) is 13.0. The van der Waals surface area contributed by atoms with Gasteiger partial charge in [-0.3, -0.25) is 4.31 Å². The van der Waals surface area contributed by atoms with E-state index in [4.69, 9.17) is 22.0 Å². The van der Waals surface area contributed by atoms with Gasteiger partial charge in [0.25, 0.3) is 10.0 Å². The standard InChI is InChI=1S/C15H13ClN2O3S/c16-15-10-14(7-6-12(15)11-17)22(20,21)18(8-9-19)13-4-2-1-3-5-13/h1-7,10,19H,8-9H2. The van der Waals surface area contributed by atoms with Gasteiger partial charge >= 0.3 is 0 Å². The van der Waals surface area contributed by atoms with E-state index in [0.29, 0.717) is 5.69 Å². The molecule has 0 fully saturated rings. The average Bonchev–Trinajstić information content (AvgIpc) is 2.53. The number of rotatable bonds is 5. The van der Waals surface area contributed by atoms with Crippen LogP contribution in [-0.2, 0) is 10.0 Å². The Hall–Kier alpha value is -2.07. The largest absolute Gasteiger partial charge is 0.394 e. The fourth-order valence-electron chi connectivity index (χ4n) is 1.95. The number of aliphatic hydroxyl groups excluding tert-OH is 1. The van der Waals surface area contributed by atoms with Crippen LogP contribution in [0.1, 0.15) is 5.56 Å². The summed E-state index contributed by atoms with van der Waals surface area (Å²) in [6, 6.07) is 14.3. The van der Waals surface area contributed by atoms with Crippen LogP contribution < -0.4 is 4.31 Å². The molecule has 0 aromatic heterocycles. The Morgan fingerprint density at radius 3 is 2.41 bits per heavy atom. The van der Waals surface area contributed by atoms with Crippen LogP contribution in [-0.4, -0.2) is 26.7 Å². The van der Waals surface area contributed by atoms with Crippen molar-refractivity contribution in [1.82, 2.24) is 0 Å². The molecule has 0 amide bonds. The Bertz CT molecular complexity index is 801. The number of benzene rings is 2. The van der Waals surface area contributed by atoms with Gasteiger partial charge in [-0.1, -0.05) is 29.8 Å². The molecule has 0 bridgehead atoms. The van der Waals surface area contributed by atoms with E-state index >= 15 is 0 Å². The molecule has 1 N–H and O–H groups in total. The van der Waals surface area contributed by atoms with E-state index in [1.165, 1.54) is 18.2 Å². The Labute approximate surface area is 134 Å². The number of nitriles is 1. The molecule has 0 saturated heterocycles. The molecule has 114 valence electrons. The van der Waals surface area contributed by atoms with Gasteiger partial charge in [0, 0.05) is 0 Å². The lowest BCUT2D eigenvalue weighted by molar-refractivity contribution is 0.306. The molecule has 2 aromatic carbocycles. The quantitative estimate of drug-likeness (QED) is 0.909. The van der Waals surface area contributed by atoms with Gasteiger partial charge in [-0.2, -0.15) is 5.26 Å². The number of para-hydroxylation sites is 1. The Kier molecular flexibility index (Phi) is 5.03. The van der Waals surface area contributed by atoms with Crippen LogP contribution in [0.25, 0.3) is 0 Å². The summed E-state index contributed by atoms with van der Waals surface area (Å²) in [4.78, 5) is -0.0335. The predicted octanol–water partition coefficient (Wildman–Crippen LogP) is 2.40. The van der Waals surface area contributed by atoms with Crippen LogP contribution in [0, 0.1) is 11.3 Å². The summed E-state index contributed by atoms with van der Waals surface area (Å²) in [5.74, 6) is 0. The van der Waals surface area contributed by atoms with E-state index < -0.39 is 10.0 Å². The van der Waals surface area contributed by atoms with Crippen LogP contribution in [0.3, 0.4) is 0 Å². The van der Waals surface area contributed by atoms with Crippen molar-refractivity contribution < 1.29 is 13.5 Å². The van der Waals surface area contributed by atoms with E-state index in [-0.39, 0.29) is 28.6 Å². The van der Waals surface area contributed by atoms with Crippen molar-refractivity contribution >= 4 is 27.3 Å². The van der Waals surface area contributed by atoms with Gasteiger partial charge in [-0.15, -0.1) is 0 Å². The van der Waals surface area contributed by atoms with Crippen molar-refractivity contribution in [2.24, 2.45) is 0 Å². The predicted molar refractivity (Wildman–Crippen MR) is 84.2 cm³/mol. The van der Waals surface area contributed by atoms with Crippen molar-refractivity contribution in [1.29, 1.82) is 5.26 Å². The molecule has 5 nitrogen and oxygen atoms in total. The number of nitrogens with zero attached hydrogens (tertiary/aromatic N) is 2. The fourth-order valence-corrected chi connectivity index (χ4v) is 3.72. The maximum Gasteiger partial charge on any atom is 0.264 e. The van der Waals surface area contributed by atoms with Crippen LogP contribution in [0.5, 0.6) is 0 Å². The maximum absolute atomic E-state index is 12.7. The minimum atomic E-state index is -3.88. The van der Waals surface area contributed by atoms with Crippen molar-refractivity contribution in [3.8, 4) is 6.07 Å². The Balaban J connectivity index is 2.51. The van der Waals surface area contributed by atoms with Crippen LogP contribution in [0.2, 0.25) is 5.02 Å². The number of aliphatic hydroxyl groups is 1. The van der Waals surface area contributed by atoms with Crippen LogP contribution in [0.15, 0.2) is 53.4 Å². The minimum Gasteiger partial charge on any atom is -0.394 e. The summed E-state index contributed by atoms with van der Waals surface area (Å²) in [6.45, 7) is -0.401. The molecule has 0 aliphatic heterocycles. The van der Waals surface area contributed by atoms with E-state index in [1.54, 1.807) is 30.3 Å². The van der Waals surface area contributed by atoms with Crippen molar-refractivity contribution in [3.63, 3.8) is 0 Å². The van der Waals surface area contributed by atoms with E-state index in [9.17, 15) is 8.42 Å². The summed E-state index contributed by atoms with van der Waals surface area (Å²) >= 11 is 5.91. The van der Waals surface area contributed by atoms with Crippen molar-refractivity contribution in [2.75, 3.05) is 17.5 Å². The van der Waals surface area contributed by atoms with E-state index in [1.807, 2.05) is 6.07 Å². The molecule has 0 radical (unpaired) electrons. The summed E-state index contributed by atoms with van der Waals surface area (Å²) in [7, 11) is -3.88. The third-order valence-corrected chi connectivity index (χ3v) is 5.13. The molecule has 0 spiro atoms. The second-order valence-electron chi connectivity index (χ2n) is 4.39. The summed E-state index contributed by atoms with van der Waals surface area (Å²) < 4.78 is 26.6. The zero-order chi connectivity index (χ0) is 16.2. The molecular weight excluding hydrogens is 324 g/mol. The average molecular weight is 337 g/mol. The maximum atomic E-state index is 12.7. The van der Waals surface area contributed by atoms with Gasteiger partial charge in [-0.25, -0.2) is 8.42 Å². The lowest BCUT2D eigenvalue weighted by Crippen LogP contribution is -2.33. The zero-order valence-electron chi connectivity index (χ0n) is 11.5. The second-order valence-corrected chi connectivity index (χ2v) is 6.66. The second kappa shape index (κ2) is 6.79. The SMILES string of the molecule is N#Cc1ccc(S(=O)(=O)N(CCO)c2ccccc2)cc1Cl. The molecule has 0 unspecified atom stereocenters. The van der Waals surface area contributed by atoms with Crippen molar-refractivity contribution in [3.05, 3.63) is 59.1 Å². The molecule has 0 heterocycles. The van der Waals surface area contributed by atoms with Gasteiger partial charge in [0.15, 0.2) is 0 Å². The molecule has 0 atom stereocenters. The van der Waals surface area contributed by atoms with Gasteiger partial charge in [0.05, 0.1) is 34.3 Å².